The largest absolute Gasteiger partial charge is 0.417 e. The van der Waals surface area contributed by atoms with E-state index in [-0.39, 0.29) is 70.5 Å². The number of likely N-dealkylation sites (N-methyl/N-ethyl adjacent to an activating group) is 1. The molecule has 8 rings (SSSR count). The van der Waals surface area contributed by atoms with Gasteiger partial charge in [-0.1, -0.05) is 18.6 Å². The maximum Gasteiger partial charge on any atom is 0.417 e. The van der Waals surface area contributed by atoms with Gasteiger partial charge in [0, 0.05) is 87.7 Å². The van der Waals surface area contributed by atoms with Crippen LogP contribution in [0.2, 0.25) is 0 Å². The summed E-state index contributed by atoms with van der Waals surface area (Å²) in [6, 6.07) is 8.40. The number of amides is 6. The summed E-state index contributed by atoms with van der Waals surface area (Å²) in [5.74, 6) is -4.87. The van der Waals surface area contributed by atoms with Gasteiger partial charge in [0.05, 0.1) is 33.6 Å². The molecule has 0 bridgehead atoms. The van der Waals surface area contributed by atoms with Gasteiger partial charge in [-0.3, -0.25) is 43.9 Å². The number of hydrogen-bond donors (Lipinski definition) is 2. The second kappa shape index (κ2) is 19.4. The number of piperidine rings is 1. The van der Waals surface area contributed by atoms with E-state index in [1.165, 1.54) is 24.5 Å². The van der Waals surface area contributed by atoms with Gasteiger partial charge in [0.25, 0.3) is 17.7 Å². The number of fused-ring (bicyclic) bond motifs is 1. The Hall–Kier alpha value is -6.83. The van der Waals surface area contributed by atoms with Gasteiger partial charge in [0.1, 0.15) is 17.7 Å². The van der Waals surface area contributed by atoms with E-state index in [4.69, 9.17) is 0 Å². The van der Waals surface area contributed by atoms with Crippen molar-refractivity contribution in [1.29, 1.82) is 0 Å². The predicted octanol–water partition coefficient (Wildman–Crippen LogP) is 6.07. The van der Waals surface area contributed by atoms with Crippen LogP contribution in [-0.2, 0) is 27.0 Å². The molecule has 3 fully saturated rings. The molecule has 0 saturated carbocycles. The monoisotopic (exact) mass is 943 g/mol. The van der Waals surface area contributed by atoms with E-state index in [0.717, 1.165) is 17.0 Å². The van der Waals surface area contributed by atoms with E-state index in [1.807, 2.05) is 30.7 Å². The number of aryl methyl sites for hydroxylation is 1. The molecule has 15 nitrogen and oxygen atoms in total. The van der Waals surface area contributed by atoms with Crippen molar-refractivity contribution >= 4 is 52.8 Å². The molecule has 1 unspecified atom stereocenters. The number of imide groups is 2. The average Bonchev–Trinajstić information content (AvgIpc) is 3.56. The summed E-state index contributed by atoms with van der Waals surface area (Å²) < 4.78 is 71.8. The van der Waals surface area contributed by atoms with Crippen molar-refractivity contribution in [2.24, 2.45) is 0 Å². The van der Waals surface area contributed by atoms with Crippen LogP contribution >= 0.6 is 0 Å². The lowest BCUT2D eigenvalue weighted by molar-refractivity contribution is -0.138. The van der Waals surface area contributed by atoms with Crippen molar-refractivity contribution in [2.45, 2.75) is 83.1 Å². The Balaban J connectivity index is 0.871. The van der Waals surface area contributed by atoms with Gasteiger partial charge in [-0.25, -0.2) is 18.7 Å². The number of piperazine rings is 2. The lowest BCUT2D eigenvalue weighted by Crippen LogP contribution is -2.55. The molecule has 68 heavy (non-hydrogen) atoms. The third kappa shape index (κ3) is 9.77. The van der Waals surface area contributed by atoms with E-state index in [0.29, 0.717) is 82.9 Å². The molecule has 358 valence electrons. The van der Waals surface area contributed by atoms with Crippen LogP contribution in [0.4, 0.5) is 39.3 Å². The number of halogens is 5. The second-order valence-corrected chi connectivity index (χ2v) is 17.7. The Morgan fingerprint density at radius 2 is 1.54 bits per heavy atom. The number of unbranched alkanes of at least 4 members (excludes halogenated alkanes) is 2. The molecule has 20 heteroatoms. The number of aromatic nitrogens is 2. The molecular weight excluding hydrogens is 894 g/mol. The molecule has 1 aromatic heterocycles. The Bertz CT molecular complexity index is 2650. The van der Waals surface area contributed by atoms with E-state index in [2.05, 4.69) is 25.5 Å². The number of rotatable bonds is 12. The fourth-order valence-electron chi connectivity index (χ4n) is 9.38. The zero-order valence-electron chi connectivity index (χ0n) is 37.7. The third-order valence-corrected chi connectivity index (χ3v) is 13.3. The van der Waals surface area contributed by atoms with Gasteiger partial charge in [-0.2, -0.15) is 13.2 Å². The molecule has 6 amide bonds. The van der Waals surface area contributed by atoms with Crippen LogP contribution in [-0.4, -0.2) is 125 Å². The van der Waals surface area contributed by atoms with Crippen molar-refractivity contribution in [1.82, 2.24) is 30.0 Å². The van der Waals surface area contributed by atoms with Crippen molar-refractivity contribution in [2.75, 3.05) is 61.4 Å². The average molecular weight is 944 g/mol. The molecule has 2 N–H and O–H groups in total. The van der Waals surface area contributed by atoms with Crippen LogP contribution in [0.5, 0.6) is 0 Å². The molecule has 5 heterocycles. The number of carbonyl (C=O) groups is 6. The summed E-state index contributed by atoms with van der Waals surface area (Å²) in [5, 5.41) is 4.76. The highest BCUT2D eigenvalue weighted by Crippen LogP contribution is 2.38. The van der Waals surface area contributed by atoms with Gasteiger partial charge in [0.15, 0.2) is 0 Å². The van der Waals surface area contributed by atoms with E-state index < -0.39 is 64.5 Å². The molecule has 3 atom stereocenters. The molecular formula is C48H50F5N9O6. The lowest BCUT2D eigenvalue weighted by atomic mass is 9.97. The summed E-state index contributed by atoms with van der Waals surface area (Å²) >= 11 is 0. The fraction of sp³-hybridized carbons (Fsp3) is 0.417. The summed E-state index contributed by atoms with van der Waals surface area (Å²) in [4.78, 5) is 95.0. The van der Waals surface area contributed by atoms with Crippen molar-refractivity contribution in [3.05, 3.63) is 100 Å². The number of anilines is 3. The second-order valence-electron chi connectivity index (χ2n) is 17.7. The zero-order valence-corrected chi connectivity index (χ0v) is 37.7. The summed E-state index contributed by atoms with van der Waals surface area (Å²) in [7, 11) is 1.96. The van der Waals surface area contributed by atoms with Gasteiger partial charge >= 0.3 is 6.18 Å². The molecule has 4 aliphatic rings. The molecule has 4 aromatic rings. The number of benzene rings is 3. The quantitative estimate of drug-likeness (QED) is 0.0961. The van der Waals surface area contributed by atoms with Crippen LogP contribution in [0.1, 0.15) is 94.6 Å². The zero-order chi connectivity index (χ0) is 48.6. The van der Waals surface area contributed by atoms with Crippen LogP contribution in [0.25, 0.3) is 11.1 Å². The molecule has 0 aliphatic carbocycles. The van der Waals surface area contributed by atoms with Crippen LogP contribution in [0, 0.1) is 11.6 Å². The number of nitrogens with one attached hydrogen (secondary N) is 2. The van der Waals surface area contributed by atoms with Gasteiger partial charge in [-0.05, 0) is 88.5 Å². The summed E-state index contributed by atoms with van der Waals surface area (Å²) in [5.41, 5.74) is -0.509. The summed E-state index contributed by atoms with van der Waals surface area (Å²) in [6.45, 7) is 6.52. The number of nitrogens with zero attached hydrogens (tertiary/aromatic N) is 7. The molecule has 0 radical (unpaired) electrons. The normalized spacial score (nSPS) is 20.2. The van der Waals surface area contributed by atoms with Crippen molar-refractivity contribution < 1.29 is 50.7 Å². The lowest BCUT2D eigenvalue weighted by Gasteiger charge is -2.44. The van der Waals surface area contributed by atoms with E-state index >= 15 is 4.39 Å². The Labute approximate surface area is 388 Å². The smallest absolute Gasteiger partial charge is 0.367 e. The fourth-order valence-corrected chi connectivity index (χ4v) is 9.38. The van der Waals surface area contributed by atoms with Gasteiger partial charge < -0.3 is 20.0 Å². The first-order valence-electron chi connectivity index (χ1n) is 22.6. The number of alkyl halides is 3. The van der Waals surface area contributed by atoms with Gasteiger partial charge in [-0.15, -0.1) is 0 Å². The maximum absolute atomic E-state index is 16.1. The first-order valence-corrected chi connectivity index (χ1v) is 22.6. The van der Waals surface area contributed by atoms with Crippen LogP contribution in [0.3, 0.4) is 0 Å². The van der Waals surface area contributed by atoms with E-state index in [1.54, 1.807) is 23.1 Å². The Morgan fingerprint density at radius 1 is 0.838 bits per heavy atom. The topological polar surface area (TPSA) is 168 Å². The highest BCUT2D eigenvalue weighted by Gasteiger charge is 2.45. The van der Waals surface area contributed by atoms with Crippen molar-refractivity contribution in [3.8, 4) is 11.1 Å². The SMILES string of the molecule is C[C@@H]1CN(c2cc(F)c(-c3cnc(N4CCN(C(=O)CCCCCc5cccc6c5C(=O)N(C5CCC(=O)NC5=O)C6=O)CC4)nc3)cc2NC(=O)c2ccc(F)cc2C(F)(F)F)C[C@H](C)N1C. The first kappa shape index (κ1) is 47.7. The minimum Gasteiger partial charge on any atom is -0.367 e. The minimum atomic E-state index is -5.02. The molecule has 4 aliphatic heterocycles. The number of hydrogen-bond acceptors (Lipinski definition) is 11. The third-order valence-electron chi connectivity index (χ3n) is 13.3. The summed E-state index contributed by atoms with van der Waals surface area (Å²) in [6.07, 6.45) is 0.661. The molecule has 3 aromatic carbocycles. The maximum atomic E-state index is 16.1. The van der Waals surface area contributed by atoms with Crippen LogP contribution < -0.4 is 20.4 Å². The highest BCUT2D eigenvalue weighted by molar-refractivity contribution is 6.24. The standard InChI is InChI=1S/C48H50F5N9O6/c1-27-25-61(26-28(2)58(27)3)39-22-36(50)34(21-37(39)56-43(65)32-13-12-31(49)20-35(32)48(51,52)53)30-23-54-47(55-24-30)60-18-16-59(17-19-60)41(64)11-6-4-5-8-29-9-7-10-33-42(29)46(68)62(45(33)67)38-14-15-40(63)57-44(38)66/h7,9-10,12-13,20-24,27-28,38H,4-6,8,11,14-19,25-26H2,1-3H3,(H,56,65)(H,57,63,66)/t27-,28+,38?. The molecule has 3 saturated heterocycles. The van der Waals surface area contributed by atoms with E-state index in [9.17, 15) is 46.3 Å². The highest BCUT2D eigenvalue weighted by atomic mass is 19.4. The van der Waals surface area contributed by atoms with Crippen LogP contribution in [0.15, 0.2) is 60.9 Å². The Kier molecular flexibility index (Phi) is 13.6. The number of carbonyl (C=O) groups excluding carboxylic acids is 6. The van der Waals surface area contributed by atoms with Gasteiger partial charge in [0.2, 0.25) is 23.7 Å². The predicted molar refractivity (Wildman–Crippen MR) is 240 cm³/mol. The minimum absolute atomic E-state index is 0.0101. The molecule has 0 spiro atoms. The Morgan fingerprint density at radius 3 is 2.22 bits per heavy atom. The van der Waals surface area contributed by atoms with Crippen molar-refractivity contribution in [3.63, 3.8) is 0 Å². The first-order chi connectivity index (χ1) is 32.4.